The molecule has 3 aromatic rings. The number of urea groups is 1. The minimum atomic E-state index is -0.395. The predicted molar refractivity (Wildman–Crippen MR) is 125 cm³/mol. The molecule has 0 aliphatic carbocycles. The molecule has 1 heterocycles. The molecule has 0 aliphatic heterocycles. The molecule has 30 heavy (non-hydrogen) atoms. The van der Waals surface area contributed by atoms with Crippen molar-refractivity contribution in [2.45, 2.75) is 27.7 Å². The van der Waals surface area contributed by atoms with Crippen molar-refractivity contribution in [3.63, 3.8) is 0 Å². The fourth-order valence-corrected chi connectivity index (χ4v) is 3.46. The summed E-state index contributed by atoms with van der Waals surface area (Å²) in [5.74, 6) is 0.849. The van der Waals surface area contributed by atoms with E-state index < -0.39 is 6.03 Å². The van der Waals surface area contributed by atoms with E-state index in [9.17, 15) is 4.79 Å². The van der Waals surface area contributed by atoms with E-state index in [1.54, 1.807) is 6.21 Å². The van der Waals surface area contributed by atoms with Crippen LogP contribution in [0.1, 0.15) is 29.4 Å². The lowest BCUT2D eigenvalue weighted by Gasteiger charge is -2.11. The van der Waals surface area contributed by atoms with E-state index >= 15 is 0 Å². The molecular weight excluding hydrogens is 444 g/mol. The second-order valence-corrected chi connectivity index (χ2v) is 7.73. The number of halogens is 1. The van der Waals surface area contributed by atoms with Crippen molar-refractivity contribution in [1.82, 2.24) is 9.99 Å². The first-order valence-electron chi connectivity index (χ1n) is 9.67. The summed E-state index contributed by atoms with van der Waals surface area (Å²) in [5, 5.41) is 6.86. The van der Waals surface area contributed by atoms with Crippen molar-refractivity contribution in [3.05, 3.63) is 75.5 Å². The second-order valence-electron chi connectivity index (χ2n) is 6.88. The number of hydrogen-bond acceptors (Lipinski definition) is 3. The number of nitrogens with zero attached hydrogens (tertiary/aromatic N) is 2. The second kappa shape index (κ2) is 9.63. The van der Waals surface area contributed by atoms with E-state index in [4.69, 9.17) is 4.74 Å². The van der Waals surface area contributed by atoms with Gasteiger partial charge in [-0.25, -0.2) is 10.2 Å². The van der Waals surface area contributed by atoms with Crippen LogP contribution < -0.4 is 15.5 Å². The Labute approximate surface area is 185 Å². The molecule has 0 spiro atoms. The van der Waals surface area contributed by atoms with Gasteiger partial charge in [0.25, 0.3) is 0 Å². The van der Waals surface area contributed by atoms with E-state index in [1.165, 1.54) is 0 Å². The average molecular weight is 469 g/mol. The van der Waals surface area contributed by atoms with Crippen molar-refractivity contribution >= 4 is 33.9 Å². The van der Waals surface area contributed by atoms with Crippen molar-refractivity contribution in [1.29, 1.82) is 0 Å². The van der Waals surface area contributed by atoms with E-state index in [2.05, 4.69) is 36.3 Å². The van der Waals surface area contributed by atoms with Crippen LogP contribution in [-0.2, 0) is 0 Å². The van der Waals surface area contributed by atoms with Gasteiger partial charge in [-0.3, -0.25) is 0 Å². The molecule has 6 nitrogen and oxygen atoms in total. The Balaban J connectivity index is 1.68. The van der Waals surface area contributed by atoms with Gasteiger partial charge in [-0.05, 0) is 81.8 Å². The van der Waals surface area contributed by atoms with E-state index in [0.29, 0.717) is 12.3 Å². The zero-order valence-electron chi connectivity index (χ0n) is 17.5. The van der Waals surface area contributed by atoms with Crippen molar-refractivity contribution in [3.8, 4) is 11.4 Å². The van der Waals surface area contributed by atoms with Gasteiger partial charge in [-0.1, -0.05) is 15.9 Å². The molecule has 0 atom stereocenters. The van der Waals surface area contributed by atoms with Gasteiger partial charge in [0.1, 0.15) is 5.75 Å². The fourth-order valence-electron chi connectivity index (χ4n) is 3.22. The van der Waals surface area contributed by atoms with Gasteiger partial charge in [-0.2, -0.15) is 5.10 Å². The lowest BCUT2D eigenvalue weighted by atomic mass is 10.2. The molecule has 2 amide bonds. The monoisotopic (exact) mass is 468 g/mol. The summed E-state index contributed by atoms with van der Waals surface area (Å²) < 4.78 is 8.65. The molecule has 0 unspecified atom stereocenters. The zero-order valence-corrected chi connectivity index (χ0v) is 19.1. The van der Waals surface area contributed by atoms with Gasteiger partial charge < -0.3 is 14.6 Å². The maximum absolute atomic E-state index is 12.1. The van der Waals surface area contributed by atoms with Gasteiger partial charge in [0.2, 0.25) is 0 Å². The van der Waals surface area contributed by atoms with Crippen molar-refractivity contribution in [2.24, 2.45) is 5.10 Å². The van der Waals surface area contributed by atoms with Crippen LogP contribution in [0.5, 0.6) is 5.75 Å². The number of carbonyl (C=O) groups is 1. The lowest BCUT2D eigenvalue weighted by molar-refractivity contribution is 0.252. The molecular formula is C23H25BrN4O2. The number of ether oxygens (including phenoxy) is 1. The molecule has 0 radical (unpaired) electrons. The molecule has 7 heteroatoms. The first kappa shape index (κ1) is 21.6. The maximum atomic E-state index is 12.1. The highest BCUT2D eigenvalue weighted by Gasteiger charge is 2.10. The van der Waals surface area contributed by atoms with E-state index in [0.717, 1.165) is 38.4 Å². The van der Waals surface area contributed by atoms with Gasteiger partial charge in [0.05, 0.1) is 12.8 Å². The number of nitrogens with one attached hydrogen (secondary N) is 2. The summed E-state index contributed by atoms with van der Waals surface area (Å²) in [4.78, 5) is 12.1. The summed E-state index contributed by atoms with van der Waals surface area (Å²) in [6, 6.07) is 15.2. The topological polar surface area (TPSA) is 67.6 Å². The third-order valence-electron chi connectivity index (χ3n) is 4.66. The Kier molecular flexibility index (Phi) is 6.95. The Morgan fingerprint density at radius 2 is 1.87 bits per heavy atom. The van der Waals surface area contributed by atoms with Gasteiger partial charge >= 0.3 is 6.03 Å². The molecule has 156 valence electrons. The molecule has 2 N–H and O–H groups in total. The number of rotatable bonds is 6. The van der Waals surface area contributed by atoms with Crippen LogP contribution in [0.4, 0.5) is 10.5 Å². The van der Waals surface area contributed by atoms with Gasteiger partial charge in [0.15, 0.2) is 0 Å². The van der Waals surface area contributed by atoms with Crippen LogP contribution in [0.3, 0.4) is 0 Å². The van der Waals surface area contributed by atoms with Crippen LogP contribution in [-0.4, -0.2) is 23.4 Å². The summed E-state index contributed by atoms with van der Waals surface area (Å²) in [6.07, 6.45) is 1.65. The maximum Gasteiger partial charge on any atom is 0.339 e. The molecule has 0 bridgehead atoms. The number of benzene rings is 2. The number of anilines is 1. The quantitative estimate of drug-likeness (QED) is 0.358. The standard InChI is InChI=1S/C23H25BrN4O2/c1-5-30-21-9-7-20(8-10-21)28-16(3)13-18(17(28)4)14-25-27-23(29)26-19-6-11-22(24)15(2)12-19/h6-14H,5H2,1-4H3,(H2,26,27,29)/b25-14+. The third kappa shape index (κ3) is 5.10. The van der Waals surface area contributed by atoms with Crippen molar-refractivity contribution < 1.29 is 9.53 Å². The minimum absolute atomic E-state index is 0.395. The smallest absolute Gasteiger partial charge is 0.339 e. The Bertz CT molecular complexity index is 1070. The fraction of sp³-hybridized carbons (Fsp3) is 0.217. The number of aryl methyl sites for hydroxylation is 2. The minimum Gasteiger partial charge on any atom is -0.494 e. The largest absolute Gasteiger partial charge is 0.494 e. The van der Waals surface area contributed by atoms with Gasteiger partial charge in [-0.15, -0.1) is 0 Å². The lowest BCUT2D eigenvalue weighted by Crippen LogP contribution is -2.24. The van der Waals surface area contributed by atoms with Crippen LogP contribution in [0, 0.1) is 20.8 Å². The van der Waals surface area contributed by atoms with Crippen LogP contribution in [0.25, 0.3) is 5.69 Å². The third-order valence-corrected chi connectivity index (χ3v) is 5.55. The number of aromatic nitrogens is 1. The van der Waals surface area contributed by atoms with Crippen LogP contribution in [0.2, 0.25) is 0 Å². The molecule has 0 saturated heterocycles. The first-order valence-corrected chi connectivity index (χ1v) is 10.5. The number of carbonyl (C=O) groups excluding carboxylic acids is 1. The highest BCUT2D eigenvalue weighted by molar-refractivity contribution is 9.10. The first-order chi connectivity index (χ1) is 14.4. The normalized spacial score (nSPS) is 11.0. The van der Waals surface area contributed by atoms with Crippen molar-refractivity contribution in [2.75, 3.05) is 11.9 Å². The molecule has 0 saturated carbocycles. The number of hydrogen-bond donors (Lipinski definition) is 2. The summed E-state index contributed by atoms with van der Waals surface area (Å²) in [5.41, 5.74) is 8.35. The number of hydrazone groups is 1. The summed E-state index contributed by atoms with van der Waals surface area (Å²) >= 11 is 3.45. The number of amides is 2. The molecule has 0 fully saturated rings. The van der Waals surface area contributed by atoms with E-state index in [-0.39, 0.29) is 0 Å². The Morgan fingerprint density at radius 3 is 2.53 bits per heavy atom. The molecule has 0 aliphatic rings. The average Bonchev–Trinajstić information content (AvgIpc) is 2.99. The molecule has 3 rings (SSSR count). The highest BCUT2D eigenvalue weighted by Crippen LogP contribution is 2.22. The van der Waals surface area contributed by atoms with Crippen LogP contribution in [0.15, 0.2) is 58.1 Å². The SMILES string of the molecule is CCOc1ccc(-n2c(C)cc(/C=N/NC(=O)Nc3ccc(Br)c(C)c3)c2C)cc1. The highest BCUT2D eigenvalue weighted by atomic mass is 79.9. The zero-order chi connectivity index (χ0) is 21.7. The Morgan fingerprint density at radius 1 is 1.13 bits per heavy atom. The molecule has 2 aromatic carbocycles. The van der Waals surface area contributed by atoms with Crippen LogP contribution >= 0.6 is 15.9 Å². The van der Waals surface area contributed by atoms with E-state index in [1.807, 2.05) is 76.2 Å². The summed E-state index contributed by atoms with van der Waals surface area (Å²) in [6.45, 7) is 8.63. The predicted octanol–water partition coefficient (Wildman–Crippen LogP) is 5.72. The molecule has 1 aromatic heterocycles. The Hall–Kier alpha value is -3.06. The summed E-state index contributed by atoms with van der Waals surface area (Å²) in [7, 11) is 0. The van der Waals surface area contributed by atoms with Gasteiger partial charge in [0, 0.05) is 32.8 Å².